The lowest BCUT2D eigenvalue weighted by Crippen LogP contribution is -2.12. The van der Waals surface area contributed by atoms with Gasteiger partial charge in [-0.3, -0.25) is 0 Å². The van der Waals surface area contributed by atoms with E-state index in [1.807, 2.05) is 36.4 Å². The summed E-state index contributed by atoms with van der Waals surface area (Å²) in [5.74, 6) is 1.71. The molecule has 0 fully saturated rings. The van der Waals surface area contributed by atoms with Gasteiger partial charge in [-0.05, 0) is 23.3 Å². The Morgan fingerprint density at radius 3 is 2.41 bits per heavy atom. The minimum Gasteiger partial charge on any atom is -0.489 e. The van der Waals surface area contributed by atoms with Gasteiger partial charge in [-0.2, -0.15) is 0 Å². The van der Waals surface area contributed by atoms with Crippen LogP contribution in [0.5, 0.6) is 5.75 Å². The van der Waals surface area contributed by atoms with Gasteiger partial charge in [-0.25, -0.2) is 0 Å². The van der Waals surface area contributed by atoms with Crippen LogP contribution < -0.4 is 10.1 Å². The fourth-order valence-electron chi connectivity index (χ4n) is 2.11. The molecule has 0 unspecified atom stereocenters. The summed E-state index contributed by atoms with van der Waals surface area (Å²) in [4.78, 5) is 0. The van der Waals surface area contributed by atoms with Crippen molar-refractivity contribution in [3.63, 3.8) is 0 Å². The van der Waals surface area contributed by atoms with Crippen molar-refractivity contribution in [1.82, 2.24) is 10.5 Å². The number of hydrogen-bond donors (Lipinski definition) is 1. The molecular formula is C18H18N2O2. The maximum atomic E-state index is 5.77. The summed E-state index contributed by atoms with van der Waals surface area (Å²) in [6, 6.07) is 20.1. The first kappa shape index (κ1) is 14.4. The molecule has 112 valence electrons. The molecule has 1 N–H and O–H groups in total. The third-order valence-electron chi connectivity index (χ3n) is 3.29. The second-order valence-electron chi connectivity index (χ2n) is 5.00. The molecule has 4 nitrogen and oxygen atoms in total. The van der Waals surface area contributed by atoms with Gasteiger partial charge < -0.3 is 14.6 Å². The number of aromatic nitrogens is 1. The number of ether oxygens (including phenoxy) is 1. The predicted molar refractivity (Wildman–Crippen MR) is 84.3 cm³/mol. The Hall–Kier alpha value is -2.59. The SMILES string of the molecule is c1ccc(COc2ccc(CNCc3ccno3)cc2)cc1. The standard InChI is InChI=1S/C18H18N2O2/c1-2-4-16(5-3-1)14-21-17-8-6-15(7-9-17)12-19-13-18-10-11-20-22-18/h1-11,19H,12-14H2. The van der Waals surface area contributed by atoms with E-state index in [0.29, 0.717) is 13.2 Å². The van der Waals surface area contributed by atoms with Crippen molar-refractivity contribution in [3.05, 3.63) is 83.7 Å². The van der Waals surface area contributed by atoms with E-state index in [1.165, 1.54) is 11.1 Å². The third kappa shape index (κ3) is 4.20. The molecule has 3 aromatic rings. The zero-order chi connectivity index (χ0) is 15.0. The van der Waals surface area contributed by atoms with Gasteiger partial charge >= 0.3 is 0 Å². The molecule has 0 bridgehead atoms. The normalized spacial score (nSPS) is 10.5. The van der Waals surface area contributed by atoms with Crippen LogP contribution in [0.1, 0.15) is 16.9 Å². The first-order valence-electron chi connectivity index (χ1n) is 7.26. The van der Waals surface area contributed by atoms with Crippen LogP contribution in [0.3, 0.4) is 0 Å². The molecule has 22 heavy (non-hydrogen) atoms. The lowest BCUT2D eigenvalue weighted by molar-refractivity contribution is 0.306. The van der Waals surface area contributed by atoms with Crippen LogP contribution in [-0.4, -0.2) is 5.16 Å². The number of nitrogens with zero attached hydrogens (tertiary/aromatic N) is 1. The van der Waals surface area contributed by atoms with Crippen molar-refractivity contribution in [2.45, 2.75) is 19.7 Å². The summed E-state index contributed by atoms with van der Waals surface area (Å²) in [5, 5.41) is 6.98. The fraction of sp³-hybridized carbons (Fsp3) is 0.167. The summed E-state index contributed by atoms with van der Waals surface area (Å²) >= 11 is 0. The Labute approximate surface area is 129 Å². The first-order chi connectivity index (χ1) is 10.9. The van der Waals surface area contributed by atoms with Crippen LogP contribution in [-0.2, 0) is 19.7 Å². The van der Waals surface area contributed by atoms with Crippen LogP contribution in [0.15, 0.2) is 71.4 Å². The molecule has 0 spiro atoms. The highest BCUT2D eigenvalue weighted by atomic mass is 16.5. The van der Waals surface area contributed by atoms with Crippen LogP contribution >= 0.6 is 0 Å². The van der Waals surface area contributed by atoms with Gasteiger partial charge in [0.25, 0.3) is 0 Å². The van der Waals surface area contributed by atoms with Gasteiger partial charge in [-0.1, -0.05) is 47.6 Å². The van der Waals surface area contributed by atoms with Gasteiger partial charge in [0.15, 0.2) is 0 Å². The van der Waals surface area contributed by atoms with E-state index in [9.17, 15) is 0 Å². The van der Waals surface area contributed by atoms with Crippen LogP contribution in [0.2, 0.25) is 0 Å². The molecule has 3 rings (SSSR count). The predicted octanol–water partition coefficient (Wildman–Crippen LogP) is 3.54. The Morgan fingerprint density at radius 1 is 0.864 bits per heavy atom. The zero-order valence-corrected chi connectivity index (χ0v) is 12.2. The van der Waals surface area contributed by atoms with Crippen LogP contribution in [0, 0.1) is 0 Å². The van der Waals surface area contributed by atoms with Gasteiger partial charge in [0, 0.05) is 12.6 Å². The number of rotatable bonds is 7. The monoisotopic (exact) mass is 294 g/mol. The minimum absolute atomic E-state index is 0.587. The van der Waals surface area contributed by atoms with Crippen molar-refractivity contribution in [1.29, 1.82) is 0 Å². The van der Waals surface area contributed by atoms with E-state index in [4.69, 9.17) is 9.26 Å². The molecule has 4 heteroatoms. The molecule has 1 heterocycles. The van der Waals surface area contributed by atoms with E-state index in [0.717, 1.165) is 18.1 Å². The summed E-state index contributed by atoms with van der Waals surface area (Å²) in [5.41, 5.74) is 2.37. The quantitative estimate of drug-likeness (QED) is 0.724. The Morgan fingerprint density at radius 2 is 1.68 bits per heavy atom. The molecule has 1 aromatic heterocycles. The van der Waals surface area contributed by atoms with Gasteiger partial charge in [0.2, 0.25) is 0 Å². The molecule has 0 aliphatic rings. The van der Waals surface area contributed by atoms with Crippen molar-refractivity contribution in [3.8, 4) is 5.75 Å². The minimum atomic E-state index is 0.587. The second kappa shape index (κ2) is 7.43. The van der Waals surface area contributed by atoms with E-state index in [2.05, 4.69) is 34.7 Å². The average molecular weight is 294 g/mol. The Bertz CT molecular complexity index is 664. The highest BCUT2D eigenvalue weighted by molar-refractivity contribution is 5.27. The summed E-state index contributed by atoms with van der Waals surface area (Å²) in [6.07, 6.45) is 1.65. The van der Waals surface area contributed by atoms with E-state index < -0.39 is 0 Å². The average Bonchev–Trinajstić information content (AvgIpc) is 3.08. The maximum absolute atomic E-state index is 5.77. The molecule has 2 aromatic carbocycles. The van der Waals surface area contributed by atoms with E-state index in [-0.39, 0.29) is 0 Å². The Balaban J connectivity index is 1.45. The third-order valence-corrected chi connectivity index (χ3v) is 3.29. The van der Waals surface area contributed by atoms with E-state index in [1.54, 1.807) is 6.20 Å². The summed E-state index contributed by atoms with van der Waals surface area (Å²) in [7, 11) is 0. The van der Waals surface area contributed by atoms with Gasteiger partial charge in [0.05, 0.1) is 12.7 Å². The molecule has 0 atom stereocenters. The molecule has 0 amide bonds. The van der Waals surface area contributed by atoms with Gasteiger partial charge in [-0.15, -0.1) is 0 Å². The molecular weight excluding hydrogens is 276 g/mol. The smallest absolute Gasteiger partial charge is 0.150 e. The first-order valence-corrected chi connectivity index (χ1v) is 7.26. The highest BCUT2D eigenvalue weighted by Crippen LogP contribution is 2.14. The zero-order valence-electron chi connectivity index (χ0n) is 12.2. The highest BCUT2D eigenvalue weighted by Gasteiger charge is 1.99. The molecule has 0 aliphatic carbocycles. The van der Waals surface area contributed by atoms with Gasteiger partial charge in [0.1, 0.15) is 18.1 Å². The summed E-state index contributed by atoms with van der Waals surface area (Å²) < 4.78 is 10.8. The van der Waals surface area contributed by atoms with E-state index >= 15 is 0 Å². The van der Waals surface area contributed by atoms with Crippen molar-refractivity contribution in [2.75, 3.05) is 0 Å². The Kier molecular flexibility index (Phi) is 4.85. The van der Waals surface area contributed by atoms with Crippen molar-refractivity contribution >= 4 is 0 Å². The number of benzene rings is 2. The topological polar surface area (TPSA) is 47.3 Å². The van der Waals surface area contributed by atoms with Crippen LogP contribution in [0.4, 0.5) is 0 Å². The fourth-order valence-corrected chi connectivity index (χ4v) is 2.11. The van der Waals surface area contributed by atoms with Crippen LogP contribution in [0.25, 0.3) is 0 Å². The number of nitrogens with one attached hydrogen (secondary N) is 1. The lowest BCUT2D eigenvalue weighted by atomic mass is 10.2. The lowest BCUT2D eigenvalue weighted by Gasteiger charge is -2.08. The molecule has 0 saturated heterocycles. The second-order valence-corrected chi connectivity index (χ2v) is 5.00. The number of hydrogen-bond acceptors (Lipinski definition) is 4. The van der Waals surface area contributed by atoms with Crippen molar-refractivity contribution < 1.29 is 9.26 Å². The molecule has 0 saturated carbocycles. The largest absolute Gasteiger partial charge is 0.489 e. The maximum Gasteiger partial charge on any atom is 0.150 e. The molecule has 0 radical (unpaired) electrons. The summed E-state index contributed by atoms with van der Waals surface area (Å²) in [6.45, 7) is 2.04. The van der Waals surface area contributed by atoms with Crippen molar-refractivity contribution in [2.24, 2.45) is 0 Å². The molecule has 0 aliphatic heterocycles.